The Balaban J connectivity index is 1.41. The summed E-state index contributed by atoms with van der Waals surface area (Å²) in [5, 5.41) is 0. The molecular weight excluding hydrogens is 551 g/mol. The first-order chi connectivity index (χ1) is 19.3. The van der Waals surface area contributed by atoms with Crippen molar-refractivity contribution < 1.29 is 45.8 Å². The maximum absolute atomic E-state index is 12.9. The van der Waals surface area contributed by atoms with E-state index < -0.39 is 36.9 Å². The molecule has 3 aromatic rings. The minimum absolute atomic E-state index is 0.144. The highest BCUT2D eigenvalue weighted by Crippen LogP contribution is 2.38. The average Bonchev–Trinajstić information content (AvgIpc) is 2.90. The predicted octanol–water partition coefficient (Wildman–Crippen LogP) is 6.23. The van der Waals surface area contributed by atoms with Crippen molar-refractivity contribution in [1.29, 1.82) is 0 Å². The summed E-state index contributed by atoms with van der Waals surface area (Å²) in [6.45, 7) is -0.201. The second-order valence-electron chi connectivity index (χ2n) is 8.90. The SMILES string of the molecule is Nc1cc(N)cc(CCOC(=O)C=Cc2ccc(C(=O)Oc3ccc(OCCCC(F)(F)C(F)(F)F)cc3)cc2)c1. The Hall–Kier alpha value is -4.61. The molecule has 3 aromatic carbocycles. The van der Waals surface area contributed by atoms with Crippen LogP contribution in [-0.2, 0) is 16.0 Å². The van der Waals surface area contributed by atoms with E-state index in [9.17, 15) is 31.5 Å². The monoisotopic (exact) mass is 578 g/mol. The number of hydrogen-bond acceptors (Lipinski definition) is 7. The van der Waals surface area contributed by atoms with E-state index in [1.54, 1.807) is 30.3 Å². The third-order valence-electron chi connectivity index (χ3n) is 5.58. The van der Waals surface area contributed by atoms with Gasteiger partial charge in [0.05, 0.1) is 18.8 Å². The lowest BCUT2D eigenvalue weighted by molar-refractivity contribution is -0.284. The summed E-state index contributed by atoms with van der Waals surface area (Å²) in [6, 6.07) is 16.9. The molecule has 7 nitrogen and oxygen atoms in total. The molecule has 0 radical (unpaired) electrons. The van der Waals surface area contributed by atoms with Crippen LogP contribution in [0.25, 0.3) is 6.08 Å². The molecule has 12 heteroatoms. The number of carbonyl (C=O) groups excluding carboxylic acids is 2. The van der Waals surface area contributed by atoms with E-state index in [1.165, 1.54) is 48.6 Å². The van der Waals surface area contributed by atoms with Crippen LogP contribution < -0.4 is 20.9 Å². The fraction of sp³-hybridized carbons (Fsp3) is 0.241. The molecule has 0 fully saturated rings. The predicted molar refractivity (Wildman–Crippen MR) is 143 cm³/mol. The van der Waals surface area contributed by atoms with Crippen LogP contribution in [0.4, 0.5) is 33.3 Å². The number of esters is 2. The van der Waals surface area contributed by atoms with E-state index in [2.05, 4.69) is 0 Å². The second-order valence-corrected chi connectivity index (χ2v) is 8.90. The zero-order valence-electron chi connectivity index (χ0n) is 21.6. The van der Waals surface area contributed by atoms with Gasteiger partial charge in [0.1, 0.15) is 11.5 Å². The highest BCUT2D eigenvalue weighted by Gasteiger charge is 2.56. The quantitative estimate of drug-likeness (QED) is 0.0655. The Morgan fingerprint density at radius 2 is 1.41 bits per heavy atom. The fourth-order valence-corrected chi connectivity index (χ4v) is 3.50. The fourth-order valence-electron chi connectivity index (χ4n) is 3.50. The molecule has 0 aliphatic rings. The Morgan fingerprint density at radius 1 is 0.805 bits per heavy atom. The number of ether oxygens (including phenoxy) is 3. The Labute approximate surface area is 232 Å². The first-order valence-electron chi connectivity index (χ1n) is 12.3. The van der Waals surface area contributed by atoms with Crippen LogP contribution in [0.3, 0.4) is 0 Å². The molecule has 0 saturated heterocycles. The van der Waals surface area contributed by atoms with Gasteiger partial charge in [0.25, 0.3) is 0 Å². The minimum Gasteiger partial charge on any atom is -0.494 e. The molecule has 0 saturated carbocycles. The summed E-state index contributed by atoms with van der Waals surface area (Å²) in [4.78, 5) is 24.4. The number of halogens is 5. The van der Waals surface area contributed by atoms with E-state index in [4.69, 9.17) is 25.7 Å². The van der Waals surface area contributed by atoms with E-state index in [0.29, 0.717) is 23.4 Å². The smallest absolute Gasteiger partial charge is 0.453 e. The van der Waals surface area contributed by atoms with Gasteiger partial charge in [-0.15, -0.1) is 0 Å². The van der Waals surface area contributed by atoms with Crippen LogP contribution in [0.15, 0.2) is 72.8 Å². The van der Waals surface area contributed by atoms with Crippen molar-refractivity contribution in [1.82, 2.24) is 0 Å². The van der Waals surface area contributed by atoms with Crippen molar-refractivity contribution in [2.75, 3.05) is 24.7 Å². The molecule has 0 unspecified atom stereocenters. The summed E-state index contributed by atoms with van der Waals surface area (Å²) in [7, 11) is 0. The topological polar surface area (TPSA) is 114 Å². The van der Waals surface area contributed by atoms with Gasteiger partial charge in [0.2, 0.25) is 0 Å². The number of hydrogen-bond donors (Lipinski definition) is 2. The van der Waals surface area contributed by atoms with Gasteiger partial charge >= 0.3 is 24.0 Å². The van der Waals surface area contributed by atoms with Crippen molar-refractivity contribution >= 4 is 29.4 Å². The third kappa shape index (κ3) is 9.82. The second kappa shape index (κ2) is 13.6. The van der Waals surface area contributed by atoms with Crippen molar-refractivity contribution in [2.45, 2.75) is 31.4 Å². The standard InChI is InChI=1S/C29H27F5N2O5/c30-28(31,29(32,33)34)13-1-14-39-24-7-9-25(10-8-24)41-27(38)21-5-2-19(3-6-21)4-11-26(37)40-15-12-20-16-22(35)18-23(36)17-20/h2-11,16-18H,1,12-15,35-36H2. The lowest BCUT2D eigenvalue weighted by atomic mass is 10.1. The summed E-state index contributed by atoms with van der Waals surface area (Å²) in [5.74, 6) is -5.60. The van der Waals surface area contributed by atoms with Gasteiger partial charge in [0, 0.05) is 30.3 Å². The van der Waals surface area contributed by atoms with Crippen LogP contribution in [0.1, 0.15) is 34.3 Å². The molecule has 3 rings (SSSR count). The first-order valence-corrected chi connectivity index (χ1v) is 12.3. The largest absolute Gasteiger partial charge is 0.494 e. The lowest BCUT2D eigenvalue weighted by Gasteiger charge is -2.19. The zero-order valence-corrected chi connectivity index (χ0v) is 21.6. The molecule has 0 aliphatic carbocycles. The van der Waals surface area contributed by atoms with E-state index >= 15 is 0 Å². The van der Waals surface area contributed by atoms with Crippen molar-refractivity contribution in [3.8, 4) is 11.5 Å². The van der Waals surface area contributed by atoms with Gasteiger partial charge in [-0.05, 0) is 78.2 Å². The van der Waals surface area contributed by atoms with Gasteiger partial charge in [-0.1, -0.05) is 12.1 Å². The van der Waals surface area contributed by atoms with Gasteiger partial charge < -0.3 is 25.7 Å². The van der Waals surface area contributed by atoms with E-state index in [0.717, 1.165) is 5.56 Å². The van der Waals surface area contributed by atoms with E-state index in [1.807, 2.05) is 0 Å². The summed E-state index contributed by atoms with van der Waals surface area (Å²) in [6.07, 6.45) is -4.25. The summed E-state index contributed by atoms with van der Waals surface area (Å²) < 4.78 is 78.0. The Morgan fingerprint density at radius 3 is 2.02 bits per heavy atom. The van der Waals surface area contributed by atoms with Crippen LogP contribution in [0.5, 0.6) is 11.5 Å². The van der Waals surface area contributed by atoms with Gasteiger partial charge in [-0.25, -0.2) is 9.59 Å². The van der Waals surface area contributed by atoms with Crippen LogP contribution in [-0.4, -0.2) is 37.3 Å². The average molecular weight is 579 g/mol. The Kier molecular flexibility index (Phi) is 10.3. The number of nitrogens with two attached hydrogens (primary N) is 2. The molecule has 0 spiro atoms. The molecule has 0 aliphatic heterocycles. The molecular formula is C29H27F5N2O5. The number of carbonyl (C=O) groups is 2. The van der Waals surface area contributed by atoms with Crippen molar-refractivity contribution in [2.24, 2.45) is 0 Å². The van der Waals surface area contributed by atoms with Crippen molar-refractivity contribution in [3.05, 3.63) is 89.5 Å². The number of rotatable bonds is 12. The lowest BCUT2D eigenvalue weighted by Crippen LogP contribution is -2.36. The number of alkyl halides is 5. The molecule has 0 bridgehead atoms. The van der Waals surface area contributed by atoms with Crippen LogP contribution in [0.2, 0.25) is 0 Å². The molecule has 218 valence electrons. The number of benzene rings is 3. The van der Waals surface area contributed by atoms with Gasteiger partial charge in [0.15, 0.2) is 0 Å². The summed E-state index contributed by atoms with van der Waals surface area (Å²) >= 11 is 0. The molecule has 41 heavy (non-hydrogen) atoms. The van der Waals surface area contributed by atoms with Crippen molar-refractivity contribution in [3.63, 3.8) is 0 Å². The molecule has 0 atom stereocenters. The zero-order chi connectivity index (χ0) is 30.0. The molecule has 0 amide bonds. The highest BCUT2D eigenvalue weighted by molar-refractivity contribution is 5.91. The maximum atomic E-state index is 12.9. The molecule has 4 N–H and O–H groups in total. The highest BCUT2D eigenvalue weighted by atomic mass is 19.4. The normalized spacial score (nSPS) is 11.8. The first kappa shape index (κ1) is 30.9. The third-order valence-corrected chi connectivity index (χ3v) is 5.58. The number of anilines is 2. The van der Waals surface area contributed by atoms with Crippen LogP contribution >= 0.6 is 0 Å². The Bertz CT molecular complexity index is 1340. The maximum Gasteiger partial charge on any atom is 0.453 e. The van der Waals surface area contributed by atoms with E-state index in [-0.39, 0.29) is 30.3 Å². The van der Waals surface area contributed by atoms with Gasteiger partial charge in [-0.3, -0.25) is 0 Å². The molecule has 0 heterocycles. The van der Waals surface area contributed by atoms with Gasteiger partial charge in [-0.2, -0.15) is 22.0 Å². The summed E-state index contributed by atoms with van der Waals surface area (Å²) in [5.41, 5.74) is 14.2. The minimum atomic E-state index is -5.60. The van der Waals surface area contributed by atoms with Crippen LogP contribution in [0, 0.1) is 0 Å². The number of nitrogen functional groups attached to an aromatic ring is 2. The molecule has 0 aromatic heterocycles.